The van der Waals surface area contributed by atoms with Gasteiger partial charge in [-0.3, -0.25) is 0 Å². The molecule has 0 N–H and O–H groups in total. The maximum Gasteiger partial charge on any atom is 0.239 e. The molecule has 0 bridgehead atoms. The van der Waals surface area contributed by atoms with Crippen LogP contribution in [0, 0.1) is 13.8 Å². The second kappa shape index (κ2) is 6.54. The van der Waals surface area contributed by atoms with Gasteiger partial charge in [0.2, 0.25) is 5.89 Å². The first-order valence-corrected chi connectivity index (χ1v) is 8.43. The summed E-state index contributed by atoms with van der Waals surface area (Å²) in [6.45, 7) is 8.81. The molecule has 1 aromatic carbocycles. The van der Waals surface area contributed by atoms with Crippen LogP contribution in [0.2, 0.25) is 0 Å². The van der Waals surface area contributed by atoms with Crippen molar-refractivity contribution in [1.82, 2.24) is 24.9 Å². The van der Waals surface area contributed by atoms with E-state index in [1.807, 2.05) is 19.9 Å². The average Bonchev–Trinajstić information content (AvgIpc) is 3.13. The molecule has 0 radical (unpaired) electrons. The minimum atomic E-state index is 0.0241. The molecule has 0 saturated carbocycles. The van der Waals surface area contributed by atoms with E-state index in [2.05, 4.69) is 57.0 Å². The van der Waals surface area contributed by atoms with Gasteiger partial charge in [-0.05, 0) is 33.8 Å². The summed E-state index contributed by atoms with van der Waals surface area (Å²) < 4.78 is 7.35. The molecule has 2 heterocycles. The van der Waals surface area contributed by atoms with Crippen molar-refractivity contribution in [1.29, 1.82) is 0 Å². The first-order valence-electron chi connectivity index (χ1n) is 7.55. The number of thioether (sulfide) groups is 1. The highest BCUT2D eigenvalue weighted by atomic mass is 32.2. The molecule has 1 atom stereocenters. The van der Waals surface area contributed by atoms with E-state index in [0.29, 0.717) is 11.7 Å². The number of benzene rings is 1. The zero-order valence-electron chi connectivity index (χ0n) is 13.6. The minimum Gasteiger partial charge on any atom is -0.338 e. The topological polar surface area (TPSA) is 69.6 Å². The van der Waals surface area contributed by atoms with Gasteiger partial charge >= 0.3 is 0 Å². The van der Waals surface area contributed by atoms with Crippen molar-refractivity contribution in [3.8, 4) is 11.4 Å². The Bertz CT molecular complexity index is 810. The normalized spacial score (nSPS) is 12.5. The summed E-state index contributed by atoms with van der Waals surface area (Å²) in [5.74, 6) is 2.13. The van der Waals surface area contributed by atoms with E-state index >= 15 is 0 Å². The molecular weight excluding hydrogens is 310 g/mol. The van der Waals surface area contributed by atoms with Gasteiger partial charge < -0.3 is 9.09 Å². The van der Waals surface area contributed by atoms with Crippen molar-refractivity contribution in [2.45, 2.75) is 44.6 Å². The first kappa shape index (κ1) is 15.7. The lowest BCUT2D eigenvalue weighted by Crippen LogP contribution is -2.01. The lowest BCUT2D eigenvalue weighted by atomic mass is 10.1. The zero-order chi connectivity index (χ0) is 16.4. The van der Waals surface area contributed by atoms with Crippen LogP contribution in [-0.2, 0) is 6.54 Å². The highest BCUT2D eigenvalue weighted by molar-refractivity contribution is 7.99. The summed E-state index contributed by atoms with van der Waals surface area (Å²) in [5, 5.41) is 13.4. The molecule has 0 spiro atoms. The molecule has 0 aliphatic heterocycles. The Labute approximate surface area is 139 Å². The average molecular weight is 329 g/mol. The van der Waals surface area contributed by atoms with Gasteiger partial charge in [0.15, 0.2) is 16.8 Å². The van der Waals surface area contributed by atoms with Crippen LogP contribution in [0.1, 0.15) is 36.4 Å². The second-order valence-electron chi connectivity index (χ2n) is 5.36. The van der Waals surface area contributed by atoms with Crippen LogP contribution >= 0.6 is 11.8 Å². The van der Waals surface area contributed by atoms with E-state index in [9.17, 15) is 0 Å². The number of aromatic nitrogens is 5. The van der Waals surface area contributed by atoms with Gasteiger partial charge in [-0.25, -0.2) is 0 Å². The SMILES string of the molecule is CCn1c(SC(C)c2nc(C)no2)nnc1-c1cccc(C)c1. The molecule has 0 aliphatic rings. The Morgan fingerprint density at radius 2 is 2.09 bits per heavy atom. The summed E-state index contributed by atoms with van der Waals surface area (Å²) in [4.78, 5) is 4.28. The Morgan fingerprint density at radius 1 is 1.26 bits per heavy atom. The van der Waals surface area contributed by atoms with Crippen molar-refractivity contribution in [3.05, 3.63) is 41.5 Å². The molecule has 0 fully saturated rings. The molecule has 0 amide bonds. The number of hydrogen-bond donors (Lipinski definition) is 0. The van der Waals surface area contributed by atoms with Crippen molar-refractivity contribution < 1.29 is 4.52 Å². The summed E-state index contributed by atoms with van der Waals surface area (Å²) in [5.41, 5.74) is 2.28. The van der Waals surface area contributed by atoms with E-state index in [4.69, 9.17) is 4.52 Å². The van der Waals surface area contributed by atoms with Crippen LogP contribution in [0.4, 0.5) is 0 Å². The van der Waals surface area contributed by atoms with Gasteiger partial charge in [0.1, 0.15) is 0 Å². The highest BCUT2D eigenvalue weighted by Crippen LogP contribution is 2.34. The Balaban J connectivity index is 1.89. The van der Waals surface area contributed by atoms with Crippen LogP contribution in [-0.4, -0.2) is 24.9 Å². The Hall–Kier alpha value is -2.15. The lowest BCUT2D eigenvalue weighted by molar-refractivity contribution is 0.376. The van der Waals surface area contributed by atoms with Crippen LogP contribution in [0.3, 0.4) is 0 Å². The number of nitrogens with zero attached hydrogens (tertiary/aromatic N) is 5. The first-order chi connectivity index (χ1) is 11.1. The number of aryl methyl sites for hydroxylation is 2. The van der Waals surface area contributed by atoms with Crippen LogP contribution in [0.25, 0.3) is 11.4 Å². The molecule has 0 aliphatic carbocycles. The zero-order valence-corrected chi connectivity index (χ0v) is 14.5. The van der Waals surface area contributed by atoms with Gasteiger partial charge in [0.05, 0.1) is 5.25 Å². The number of hydrogen-bond acceptors (Lipinski definition) is 6. The van der Waals surface area contributed by atoms with Crippen LogP contribution < -0.4 is 0 Å². The van der Waals surface area contributed by atoms with E-state index in [1.54, 1.807) is 11.8 Å². The largest absolute Gasteiger partial charge is 0.338 e. The fourth-order valence-corrected chi connectivity index (χ4v) is 3.29. The van der Waals surface area contributed by atoms with E-state index < -0.39 is 0 Å². The van der Waals surface area contributed by atoms with Gasteiger partial charge in [0.25, 0.3) is 0 Å². The smallest absolute Gasteiger partial charge is 0.239 e. The molecule has 0 saturated heterocycles. The molecule has 3 rings (SSSR count). The lowest BCUT2D eigenvalue weighted by Gasteiger charge is -2.09. The summed E-state index contributed by atoms with van der Waals surface area (Å²) in [6.07, 6.45) is 0. The maximum absolute atomic E-state index is 5.24. The standard InChI is InChI=1S/C16H19N5OS/c1-5-21-14(13-8-6-7-10(2)9-13)18-19-16(21)23-11(3)15-17-12(4)20-22-15/h6-9,11H,5H2,1-4H3. The molecule has 1 unspecified atom stereocenters. The molecule has 2 aromatic heterocycles. The summed E-state index contributed by atoms with van der Waals surface area (Å²) in [7, 11) is 0. The Kier molecular flexibility index (Phi) is 4.47. The van der Waals surface area contributed by atoms with Gasteiger partial charge in [-0.15, -0.1) is 10.2 Å². The summed E-state index contributed by atoms with van der Waals surface area (Å²) >= 11 is 1.57. The minimum absolute atomic E-state index is 0.0241. The molecule has 6 nitrogen and oxygen atoms in total. The van der Waals surface area contributed by atoms with Crippen molar-refractivity contribution in [3.63, 3.8) is 0 Å². The van der Waals surface area contributed by atoms with E-state index in [1.165, 1.54) is 5.56 Å². The monoisotopic (exact) mass is 329 g/mol. The third kappa shape index (κ3) is 3.29. The van der Waals surface area contributed by atoms with Crippen molar-refractivity contribution >= 4 is 11.8 Å². The predicted octanol–water partition coefficient (Wildman–Crippen LogP) is 3.82. The fraction of sp³-hybridized carbons (Fsp3) is 0.375. The quantitative estimate of drug-likeness (QED) is 0.663. The predicted molar refractivity (Wildman–Crippen MR) is 89.2 cm³/mol. The maximum atomic E-state index is 5.24. The Morgan fingerprint density at radius 3 is 2.74 bits per heavy atom. The molecule has 7 heteroatoms. The second-order valence-corrected chi connectivity index (χ2v) is 6.67. The highest BCUT2D eigenvalue weighted by Gasteiger charge is 2.20. The van der Waals surface area contributed by atoms with E-state index in [0.717, 1.165) is 23.1 Å². The van der Waals surface area contributed by atoms with Crippen LogP contribution in [0.5, 0.6) is 0 Å². The van der Waals surface area contributed by atoms with Crippen LogP contribution in [0.15, 0.2) is 33.9 Å². The molecule has 23 heavy (non-hydrogen) atoms. The fourth-order valence-electron chi connectivity index (χ4n) is 2.35. The van der Waals surface area contributed by atoms with Gasteiger partial charge in [-0.1, -0.05) is 40.7 Å². The van der Waals surface area contributed by atoms with Gasteiger partial charge in [0, 0.05) is 12.1 Å². The van der Waals surface area contributed by atoms with E-state index in [-0.39, 0.29) is 5.25 Å². The molecule has 3 aromatic rings. The third-order valence-electron chi connectivity index (χ3n) is 3.48. The number of rotatable bonds is 5. The molecular formula is C16H19N5OS. The molecule has 120 valence electrons. The van der Waals surface area contributed by atoms with Gasteiger partial charge in [-0.2, -0.15) is 4.98 Å². The van der Waals surface area contributed by atoms with Crippen molar-refractivity contribution in [2.24, 2.45) is 0 Å². The summed E-state index contributed by atoms with van der Waals surface area (Å²) in [6, 6.07) is 8.29. The third-order valence-corrected chi connectivity index (χ3v) is 4.55. The van der Waals surface area contributed by atoms with Crippen molar-refractivity contribution in [2.75, 3.05) is 0 Å².